The number of fused-ring (bicyclic) bond motifs is 1. The number of para-hydroxylation sites is 1. The van der Waals surface area contributed by atoms with E-state index in [-0.39, 0.29) is 0 Å². The molecular weight excluding hydrogens is 312 g/mol. The zero-order chi connectivity index (χ0) is 16.2. The molecule has 0 aliphatic heterocycles. The SMILES string of the molecule is c1ccc(C([NH2+]Cc2nc3ccccc3s2)c2ccccc2)cc1. The third-order valence-electron chi connectivity index (χ3n) is 4.18. The highest BCUT2D eigenvalue weighted by Crippen LogP contribution is 2.22. The first kappa shape index (κ1) is 15.1. The van der Waals surface area contributed by atoms with E-state index in [9.17, 15) is 0 Å². The van der Waals surface area contributed by atoms with Crippen LogP contribution in [0.3, 0.4) is 0 Å². The molecule has 4 rings (SSSR count). The van der Waals surface area contributed by atoms with Crippen molar-refractivity contribution >= 4 is 21.6 Å². The Hall–Kier alpha value is -2.49. The third-order valence-corrected chi connectivity index (χ3v) is 5.24. The summed E-state index contributed by atoms with van der Waals surface area (Å²) in [6, 6.07) is 30.0. The van der Waals surface area contributed by atoms with Gasteiger partial charge in [0, 0.05) is 11.1 Å². The molecule has 0 atom stereocenters. The number of nitrogens with two attached hydrogens (primary N) is 1. The molecule has 0 amide bonds. The van der Waals surface area contributed by atoms with Gasteiger partial charge in [-0.2, -0.15) is 0 Å². The fourth-order valence-corrected chi connectivity index (χ4v) is 3.95. The van der Waals surface area contributed by atoms with Crippen molar-refractivity contribution in [1.82, 2.24) is 4.98 Å². The number of nitrogens with zero attached hydrogens (tertiary/aromatic N) is 1. The van der Waals surface area contributed by atoms with Crippen LogP contribution in [0.1, 0.15) is 22.2 Å². The Morgan fingerprint density at radius 1 is 0.750 bits per heavy atom. The summed E-state index contributed by atoms with van der Waals surface area (Å²) in [6.07, 6.45) is 0. The van der Waals surface area contributed by atoms with E-state index in [1.165, 1.54) is 20.8 Å². The Morgan fingerprint density at radius 3 is 1.96 bits per heavy atom. The fraction of sp³-hybridized carbons (Fsp3) is 0.0952. The summed E-state index contributed by atoms with van der Waals surface area (Å²) in [6.45, 7) is 0.883. The molecule has 24 heavy (non-hydrogen) atoms. The molecule has 0 bridgehead atoms. The number of hydrogen-bond acceptors (Lipinski definition) is 2. The van der Waals surface area contributed by atoms with E-state index in [2.05, 4.69) is 84.2 Å². The maximum Gasteiger partial charge on any atom is 0.148 e. The van der Waals surface area contributed by atoms with Crippen LogP contribution in [0.25, 0.3) is 10.2 Å². The Balaban J connectivity index is 1.60. The zero-order valence-corrected chi connectivity index (χ0v) is 14.1. The Bertz CT molecular complexity index is 844. The predicted molar refractivity (Wildman–Crippen MR) is 100.0 cm³/mol. The summed E-state index contributed by atoms with van der Waals surface area (Å²) in [4.78, 5) is 4.76. The van der Waals surface area contributed by atoms with Crippen molar-refractivity contribution in [2.24, 2.45) is 0 Å². The molecular formula is C21H19N2S+. The molecule has 2 nitrogen and oxygen atoms in total. The highest BCUT2D eigenvalue weighted by molar-refractivity contribution is 7.18. The summed E-state index contributed by atoms with van der Waals surface area (Å²) in [5, 5.41) is 3.55. The van der Waals surface area contributed by atoms with Crippen LogP contribution in [0, 0.1) is 0 Å². The fourth-order valence-electron chi connectivity index (χ4n) is 3.01. The van der Waals surface area contributed by atoms with Crippen molar-refractivity contribution in [2.75, 3.05) is 0 Å². The number of hydrogen-bond donors (Lipinski definition) is 1. The van der Waals surface area contributed by atoms with Crippen LogP contribution in [0.15, 0.2) is 84.9 Å². The van der Waals surface area contributed by atoms with E-state index >= 15 is 0 Å². The lowest BCUT2D eigenvalue weighted by atomic mass is 9.99. The number of quaternary nitrogens is 1. The van der Waals surface area contributed by atoms with Gasteiger partial charge in [-0.15, -0.1) is 11.3 Å². The topological polar surface area (TPSA) is 29.5 Å². The molecule has 3 aromatic carbocycles. The second-order valence-electron chi connectivity index (χ2n) is 5.81. The lowest BCUT2D eigenvalue weighted by Gasteiger charge is -2.16. The standard InChI is InChI=1S/C21H18N2S/c1-3-9-16(10-4-1)21(17-11-5-2-6-12-17)22-15-20-23-18-13-7-8-14-19(18)24-20/h1-14,21-22H,15H2/p+1. The number of aromatic nitrogens is 1. The summed E-state index contributed by atoms with van der Waals surface area (Å²) in [5.74, 6) is 0. The smallest absolute Gasteiger partial charge is 0.148 e. The van der Waals surface area contributed by atoms with Gasteiger partial charge in [0.15, 0.2) is 0 Å². The molecule has 118 valence electrons. The lowest BCUT2D eigenvalue weighted by Crippen LogP contribution is -2.83. The van der Waals surface area contributed by atoms with Crippen molar-refractivity contribution in [2.45, 2.75) is 12.6 Å². The normalized spacial score (nSPS) is 11.2. The summed E-state index contributed by atoms with van der Waals surface area (Å²) in [7, 11) is 0. The van der Waals surface area contributed by atoms with E-state index in [0.29, 0.717) is 6.04 Å². The second kappa shape index (κ2) is 6.95. The molecule has 1 heterocycles. The average molecular weight is 331 g/mol. The van der Waals surface area contributed by atoms with Gasteiger partial charge in [-0.1, -0.05) is 72.8 Å². The minimum Gasteiger partial charge on any atom is -0.331 e. The summed E-state index contributed by atoms with van der Waals surface area (Å²) >= 11 is 1.79. The quantitative estimate of drug-likeness (QED) is 0.585. The molecule has 0 radical (unpaired) electrons. The lowest BCUT2D eigenvalue weighted by molar-refractivity contribution is -0.702. The van der Waals surface area contributed by atoms with Crippen LogP contribution in [0.4, 0.5) is 0 Å². The Kier molecular flexibility index (Phi) is 4.36. The van der Waals surface area contributed by atoms with Gasteiger partial charge >= 0.3 is 0 Å². The molecule has 0 aliphatic rings. The first-order valence-corrected chi connectivity index (χ1v) is 8.99. The molecule has 4 aromatic rings. The van der Waals surface area contributed by atoms with Crippen LogP contribution in [-0.2, 0) is 6.54 Å². The molecule has 3 heteroatoms. The highest BCUT2D eigenvalue weighted by Gasteiger charge is 2.17. The van der Waals surface area contributed by atoms with Crippen LogP contribution >= 0.6 is 11.3 Å². The van der Waals surface area contributed by atoms with Crippen molar-refractivity contribution in [1.29, 1.82) is 0 Å². The van der Waals surface area contributed by atoms with Gasteiger partial charge in [0.2, 0.25) is 0 Å². The molecule has 2 N–H and O–H groups in total. The minimum atomic E-state index is 0.291. The summed E-state index contributed by atoms with van der Waals surface area (Å²) in [5.41, 5.74) is 3.75. The van der Waals surface area contributed by atoms with Gasteiger partial charge in [0.25, 0.3) is 0 Å². The van der Waals surface area contributed by atoms with Gasteiger partial charge in [-0.25, -0.2) is 4.98 Å². The molecule has 0 spiro atoms. The van der Waals surface area contributed by atoms with Crippen molar-refractivity contribution in [3.63, 3.8) is 0 Å². The summed E-state index contributed by atoms with van der Waals surface area (Å²) < 4.78 is 1.26. The first-order chi connectivity index (χ1) is 11.9. The highest BCUT2D eigenvalue weighted by atomic mass is 32.1. The van der Waals surface area contributed by atoms with Crippen LogP contribution < -0.4 is 5.32 Å². The second-order valence-corrected chi connectivity index (χ2v) is 6.93. The number of thiazole rings is 1. The van der Waals surface area contributed by atoms with Gasteiger partial charge in [0.05, 0.1) is 10.2 Å². The monoisotopic (exact) mass is 331 g/mol. The largest absolute Gasteiger partial charge is 0.331 e. The molecule has 1 aromatic heterocycles. The number of rotatable bonds is 5. The molecule has 0 aliphatic carbocycles. The van der Waals surface area contributed by atoms with Crippen LogP contribution in [-0.4, -0.2) is 4.98 Å². The van der Waals surface area contributed by atoms with Crippen LogP contribution in [0.2, 0.25) is 0 Å². The van der Waals surface area contributed by atoms with Crippen molar-refractivity contribution < 1.29 is 5.32 Å². The van der Waals surface area contributed by atoms with Crippen molar-refractivity contribution in [3.05, 3.63) is 101 Å². The molecule has 0 unspecified atom stereocenters. The number of benzene rings is 3. The average Bonchev–Trinajstić information content (AvgIpc) is 3.07. The van der Waals surface area contributed by atoms with E-state index in [1.54, 1.807) is 11.3 Å². The maximum absolute atomic E-state index is 4.76. The predicted octanol–water partition coefficient (Wildman–Crippen LogP) is 4.15. The van der Waals surface area contributed by atoms with E-state index in [0.717, 1.165) is 12.1 Å². The first-order valence-electron chi connectivity index (χ1n) is 8.18. The maximum atomic E-state index is 4.76. The third kappa shape index (κ3) is 3.23. The minimum absolute atomic E-state index is 0.291. The van der Waals surface area contributed by atoms with Crippen molar-refractivity contribution in [3.8, 4) is 0 Å². The van der Waals surface area contributed by atoms with Gasteiger partial charge in [0.1, 0.15) is 17.6 Å². The van der Waals surface area contributed by atoms with Gasteiger partial charge in [-0.05, 0) is 12.1 Å². The van der Waals surface area contributed by atoms with E-state index in [1.807, 2.05) is 6.07 Å². The zero-order valence-electron chi connectivity index (χ0n) is 13.3. The van der Waals surface area contributed by atoms with Crippen LogP contribution in [0.5, 0.6) is 0 Å². The van der Waals surface area contributed by atoms with E-state index < -0.39 is 0 Å². The molecule has 0 fully saturated rings. The van der Waals surface area contributed by atoms with Gasteiger partial charge in [-0.3, -0.25) is 0 Å². The van der Waals surface area contributed by atoms with E-state index in [4.69, 9.17) is 4.98 Å². The molecule has 0 saturated heterocycles. The van der Waals surface area contributed by atoms with Gasteiger partial charge < -0.3 is 5.32 Å². The molecule has 0 saturated carbocycles. The Labute approximate surface area is 145 Å². The Morgan fingerprint density at radius 2 is 1.33 bits per heavy atom.